The second-order valence-corrected chi connectivity index (χ2v) is 8.62. The van der Waals surface area contributed by atoms with Crippen molar-refractivity contribution < 1.29 is 9.59 Å². The maximum Gasteiger partial charge on any atom is 0.256 e. The molecule has 3 rings (SSSR count). The van der Waals surface area contributed by atoms with Crippen molar-refractivity contribution in [3.05, 3.63) is 46.7 Å². The third-order valence-corrected chi connectivity index (χ3v) is 5.56. The first-order valence-electron chi connectivity index (χ1n) is 10.4. The lowest BCUT2D eigenvalue weighted by molar-refractivity contribution is -0.117. The summed E-state index contributed by atoms with van der Waals surface area (Å²) >= 11 is 6.42. The van der Waals surface area contributed by atoms with E-state index >= 15 is 0 Å². The minimum absolute atomic E-state index is 0.0244. The monoisotopic (exact) mass is 431 g/mol. The summed E-state index contributed by atoms with van der Waals surface area (Å²) in [6, 6.07) is 9.51. The van der Waals surface area contributed by atoms with E-state index in [0.717, 1.165) is 31.6 Å². The Morgan fingerprint density at radius 3 is 2.50 bits per heavy atom. The van der Waals surface area contributed by atoms with Crippen molar-refractivity contribution >= 4 is 29.1 Å². The average molecular weight is 432 g/mol. The van der Waals surface area contributed by atoms with Gasteiger partial charge in [0.2, 0.25) is 5.91 Å². The summed E-state index contributed by atoms with van der Waals surface area (Å²) in [6.07, 6.45) is 1.59. The molecule has 1 saturated heterocycles. The van der Waals surface area contributed by atoms with Crippen LogP contribution < -0.4 is 10.6 Å². The number of hydrogen-bond donors (Lipinski definition) is 2. The smallest absolute Gasteiger partial charge is 0.256 e. The topological polar surface area (TPSA) is 79.3 Å². The van der Waals surface area contributed by atoms with Gasteiger partial charge < -0.3 is 10.6 Å². The highest BCUT2D eigenvalue weighted by Crippen LogP contribution is 2.22. The van der Waals surface area contributed by atoms with Crippen molar-refractivity contribution in [3.63, 3.8) is 0 Å². The molecule has 1 aliphatic heterocycles. The number of aryl methyl sites for hydroxylation is 1. The average Bonchev–Trinajstić information content (AvgIpc) is 2.96. The Balaban J connectivity index is 1.48. The van der Waals surface area contributed by atoms with Gasteiger partial charge in [0, 0.05) is 31.4 Å². The van der Waals surface area contributed by atoms with Crippen molar-refractivity contribution in [1.82, 2.24) is 20.0 Å². The van der Waals surface area contributed by atoms with Crippen LogP contribution in [0.1, 0.15) is 42.7 Å². The Morgan fingerprint density at radius 2 is 1.87 bits per heavy atom. The van der Waals surface area contributed by atoms with Crippen LogP contribution in [0.5, 0.6) is 0 Å². The van der Waals surface area contributed by atoms with Gasteiger partial charge in [0.15, 0.2) is 0 Å². The number of carbonyl (C=O) groups excluding carboxylic acids is 2. The highest BCUT2D eigenvalue weighted by molar-refractivity contribution is 6.33. The van der Waals surface area contributed by atoms with Gasteiger partial charge in [-0.2, -0.15) is 5.10 Å². The molecule has 0 atom stereocenters. The minimum Gasteiger partial charge on any atom is -0.349 e. The molecule has 2 N–H and O–H groups in total. The maximum absolute atomic E-state index is 12.8. The van der Waals surface area contributed by atoms with Crippen molar-refractivity contribution in [2.75, 3.05) is 25.0 Å². The molecule has 2 aromatic rings. The predicted octanol–water partition coefficient (Wildman–Crippen LogP) is 3.33. The van der Waals surface area contributed by atoms with Gasteiger partial charge >= 0.3 is 0 Å². The zero-order valence-electron chi connectivity index (χ0n) is 17.8. The van der Waals surface area contributed by atoms with Crippen molar-refractivity contribution in [2.24, 2.45) is 5.92 Å². The van der Waals surface area contributed by atoms with Crippen LogP contribution in [0.2, 0.25) is 5.15 Å². The minimum atomic E-state index is -0.173. The van der Waals surface area contributed by atoms with E-state index in [-0.39, 0.29) is 17.9 Å². The molecule has 1 fully saturated rings. The fourth-order valence-electron chi connectivity index (χ4n) is 3.70. The molecule has 1 aliphatic rings. The molecular weight excluding hydrogens is 402 g/mol. The number of amides is 2. The zero-order chi connectivity index (χ0) is 21.7. The molecule has 0 bridgehead atoms. The summed E-state index contributed by atoms with van der Waals surface area (Å²) in [6.45, 7) is 8.52. The van der Waals surface area contributed by atoms with Gasteiger partial charge in [0.1, 0.15) is 5.15 Å². The number of piperidine rings is 1. The number of nitrogens with one attached hydrogen (secondary N) is 2. The Morgan fingerprint density at radius 1 is 1.20 bits per heavy atom. The van der Waals surface area contributed by atoms with Crippen molar-refractivity contribution in [1.29, 1.82) is 0 Å². The van der Waals surface area contributed by atoms with E-state index in [4.69, 9.17) is 11.6 Å². The van der Waals surface area contributed by atoms with Crippen molar-refractivity contribution in [2.45, 2.75) is 46.2 Å². The fraction of sp³-hybridized carbons (Fsp3) is 0.500. The van der Waals surface area contributed by atoms with Crippen LogP contribution >= 0.6 is 11.6 Å². The van der Waals surface area contributed by atoms with E-state index in [0.29, 0.717) is 35.4 Å². The summed E-state index contributed by atoms with van der Waals surface area (Å²) in [7, 11) is 0. The molecule has 0 radical (unpaired) electrons. The van der Waals surface area contributed by atoms with Crippen LogP contribution in [0.15, 0.2) is 30.3 Å². The molecule has 0 saturated carbocycles. The SMILES string of the molecule is Cc1nn(CC(C)C)c(Cl)c1C(=O)NC1CCN(CC(=O)Nc2ccccc2)CC1. The quantitative estimate of drug-likeness (QED) is 0.704. The molecule has 1 aromatic heterocycles. The summed E-state index contributed by atoms with van der Waals surface area (Å²) in [4.78, 5) is 27.1. The molecule has 2 amide bonds. The first kappa shape index (κ1) is 22.3. The number of likely N-dealkylation sites (tertiary alicyclic amines) is 1. The summed E-state index contributed by atoms with van der Waals surface area (Å²) in [5, 5.41) is 10.8. The molecule has 0 aliphatic carbocycles. The molecule has 0 unspecified atom stereocenters. The van der Waals surface area contributed by atoms with Gasteiger partial charge in [0.05, 0.1) is 17.8 Å². The van der Waals surface area contributed by atoms with E-state index in [9.17, 15) is 9.59 Å². The number of anilines is 1. The lowest BCUT2D eigenvalue weighted by atomic mass is 10.0. The van der Waals surface area contributed by atoms with E-state index < -0.39 is 0 Å². The summed E-state index contributed by atoms with van der Waals surface area (Å²) < 4.78 is 1.70. The van der Waals surface area contributed by atoms with Crippen molar-refractivity contribution in [3.8, 4) is 0 Å². The Labute approximate surface area is 182 Å². The summed E-state index contributed by atoms with van der Waals surface area (Å²) in [5.74, 6) is 0.192. The highest BCUT2D eigenvalue weighted by atomic mass is 35.5. The molecule has 30 heavy (non-hydrogen) atoms. The third kappa shape index (κ3) is 5.83. The van der Waals surface area contributed by atoms with Gasteiger partial charge in [-0.3, -0.25) is 19.2 Å². The molecule has 1 aromatic carbocycles. The van der Waals surface area contributed by atoms with Crippen LogP contribution in [-0.2, 0) is 11.3 Å². The number of para-hydroxylation sites is 1. The highest BCUT2D eigenvalue weighted by Gasteiger charge is 2.26. The number of nitrogens with zero attached hydrogens (tertiary/aromatic N) is 3. The number of rotatable bonds is 7. The summed E-state index contributed by atoms with van der Waals surface area (Å²) in [5.41, 5.74) is 1.91. The standard InChI is InChI=1S/C22H30ClN5O2/c1-15(2)13-28-21(23)20(16(3)26-28)22(30)25-18-9-11-27(12-10-18)14-19(29)24-17-7-5-4-6-8-17/h4-8,15,18H,9-14H2,1-3H3,(H,24,29)(H,25,30). The zero-order valence-corrected chi connectivity index (χ0v) is 18.6. The maximum atomic E-state index is 12.8. The fourth-order valence-corrected chi connectivity index (χ4v) is 4.03. The van der Waals surface area contributed by atoms with E-state index in [1.54, 1.807) is 4.68 Å². The number of aromatic nitrogens is 2. The van der Waals surface area contributed by atoms with E-state index in [2.05, 4.69) is 34.5 Å². The number of benzene rings is 1. The Kier molecular flexibility index (Phi) is 7.50. The number of halogens is 1. The molecule has 8 heteroatoms. The predicted molar refractivity (Wildman–Crippen MR) is 119 cm³/mol. The molecule has 7 nitrogen and oxygen atoms in total. The van der Waals surface area contributed by atoms with E-state index in [1.165, 1.54) is 0 Å². The van der Waals surface area contributed by atoms with Gasteiger partial charge in [-0.1, -0.05) is 43.6 Å². The molecule has 2 heterocycles. The third-order valence-electron chi connectivity index (χ3n) is 5.18. The van der Waals surface area contributed by atoms with Crippen LogP contribution in [0.3, 0.4) is 0 Å². The Hall–Kier alpha value is -2.38. The second kappa shape index (κ2) is 10.1. The molecule has 0 spiro atoms. The largest absolute Gasteiger partial charge is 0.349 e. The lowest BCUT2D eigenvalue weighted by Crippen LogP contribution is -2.46. The van der Waals surface area contributed by atoms with Gasteiger partial charge in [-0.25, -0.2) is 0 Å². The van der Waals surface area contributed by atoms with Crippen LogP contribution in [0, 0.1) is 12.8 Å². The van der Waals surface area contributed by atoms with Gasteiger partial charge in [0.25, 0.3) is 5.91 Å². The van der Waals surface area contributed by atoms with Crippen LogP contribution in [0.4, 0.5) is 5.69 Å². The van der Waals surface area contributed by atoms with Gasteiger partial charge in [-0.15, -0.1) is 0 Å². The lowest BCUT2D eigenvalue weighted by Gasteiger charge is -2.31. The molecule has 162 valence electrons. The second-order valence-electron chi connectivity index (χ2n) is 8.27. The van der Waals surface area contributed by atoms with E-state index in [1.807, 2.05) is 37.3 Å². The molecular formula is C22H30ClN5O2. The number of carbonyl (C=O) groups is 2. The normalized spacial score (nSPS) is 15.4. The Bertz CT molecular complexity index is 873. The van der Waals surface area contributed by atoms with Crippen LogP contribution in [0.25, 0.3) is 0 Å². The van der Waals surface area contributed by atoms with Crippen LogP contribution in [-0.4, -0.2) is 52.2 Å². The first-order chi connectivity index (χ1) is 14.3. The first-order valence-corrected chi connectivity index (χ1v) is 10.8. The van der Waals surface area contributed by atoms with Gasteiger partial charge in [-0.05, 0) is 37.8 Å². The number of hydrogen-bond acceptors (Lipinski definition) is 4.